The Morgan fingerprint density at radius 1 is 1.11 bits per heavy atom. The monoisotopic (exact) mass is 370 g/mol. The van der Waals surface area contributed by atoms with Crippen molar-refractivity contribution in [2.75, 3.05) is 13.7 Å². The Bertz CT molecular complexity index is 854. The fourth-order valence-corrected chi connectivity index (χ4v) is 2.75. The molecule has 2 aromatic rings. The number of amides is 3. The van der Waals surface area contributed by atoms with Crippen LogP contribution in [0.2, 0.25) is 0 Å². The second kappa shape index (κ2) is 7.45. The van der Waals surface area contributed by atoms with Gasteiger partial charge in [-0.1, -0.05) is 12.1 Å². The van der Waals surface area contributed by atoms with E-state index in [2.05, 4.69) is 0 Å². The maximum absolute atomic E-state index is 12.4. The van der Waals surface area contributed by atoms with Gasteiger partial charge in [-0.2, -0.15) is 0 Å². The van der Waals surface area contributed by atoms with Gasteiger partial charge >= 0.3 is 5.97 Å². The summed E-state index contributed by atoms with van der Waals surface area (Å²) in [4.78, 5) is 51.3. The summed E-state index contributed by atoms with van der Waals surface area (Å²) in [6, 6.07) is 8.63. The number of fused-ring (bicyclic) bond motifs is 1. The average Bonchev–Trinajstić information content (AvgIpc) is 3.26. The lowest BCUT2D eigenvalue weighted by atomic mass is 10.1. The smallest absolute Gasteiger partial charge is 0.329 e. The molecular weight excluding hydrogens is 352 g/mol. The number of carbonyl (C=O) groups is 4. The van der Waals surface area contributed by atoms with Crippen molar-refractivity contribution >= 4 is 23.7 Å². The van der Waals surface area contributed by atoms with Gasteiger partial charge in [0.05, 0.1) is 23.9 Å². The van der Waals surface area contributed by atoms with Crippen LogP contribution in [0.1, 0.15) is 33.4 Å². The van der Waals surface area contributed by atoms with Crippen LogP contribution in [0.4, 0.5) is 0 Å². The third-order valence-electron chi connectivity index (χ3n) is 4.29. The molecule has 0 fully saturated rings. The number of esters is 1. The first-order chi connectivity index (χ1) is 12.9. The third kappa shape index (κ3) is 3.59. The third-order valence-corrected chi connectivity index (χ3v) is 4.29. The molecule has 0 N–H and O–H groups in total. The minimum absolute atomic E-state index is 0.233. The zero-order valence-electron chi connectivity index (χ0n) is 14.9. The van der Waals surface area contributed by atoms with Gasteiger partial charge in [0.25, 0.3) is 17.7 Å². The van der Waals surface area contributed by atoms with Crippen molar-refractivity contribution in [1.82, 2.24) is 9.80 Å². The Morgan fingerprint density at radius 2 is 1.74 bits per heavy atom. The van der Waals surface area contributed by atoms with Crippen molar-refractivity contribution in [2.45, 2.75) is 19.5 Å². The van der Waals surface area contributed by atoms with Gasteiger partial charge in [0.2, 0.25) is 0 Å². The average molecular weight is 370 g/mol. The molecule has 1 atom stereocenters. The van der Waals surface area contributed by atoms with E-state index in [-0.39, 0.29) is 17.7 Å². The number of hydrogen-bond acceptors (Lipinski definition) is 6. The number of imide groups is 1. The number of furan rings is 1. The highest BCUT2D eigenvalue weighted by Crippen LogP contribution is 2.24. The standard InChI is InChI=1S/C19H18N2O6/c1-12(21-17(23)14-7-3-4-8-15(14)18(21)24)19(25)27-11-16(22)20(2)10-13-6-5-9-26-13/h3-9,12H,10-11H2,1-2H3/t12-/m0/s1. The van der Waals surface area contributed by atoms with Gasteiger partial charge < -0.3 is 14.1 Å². The molecule has 2 heterocycles. The fourth-order valence-electron chi connectivity index (χ4n) is 2.75. The Kier molecular flexibility index (Phi) is 5.07. The molecule has 0 saturated carbocycles. The van der Waals surface area contributed by atoms with Crippen molar-refractivity contribution in [3.05, 3.63) is 59.5 Å². The molecule has 3 rings (SSSR count). The van der Waals surface area contributed by atoms with E-state index in [4.69, 9.17) is 9.15 Å². The molecule has 0 spiro atoms. The van der Waals surface area contributed by atoms with Crippen LogP contribution in [-0.4, -0.2) is 53.2 Å². The van der Waals surface area contributed by atoms with Crippen LogP contribution in [0, 0.1) is 0 Å². The van der Waals surface area contributed by atoms with Crippen LogP contribution in [0.25, 0.3) is 0 Å². The first-order valence-electron chi connectivity index (χ1n) is 8.30. The van der Waals surface area contributed by atoms with Crippen LogP contribution in [0.15, 0.2) is 47.1 Å². The fraction of sp³-hybridized carbons (Fsp3) is 0.263. The van der Waals surface area contributed by atoms with Crippen LogP contribution < -0.4 is 0 Å². The summed E-state index contributed by atoms with van der Waals surface area (Å²) in [6.45, 7) is 1.13. The van der Waals surface area contributed by atoms with Crippen molar-refractivity contribution in [3.63, 3.8) is 0 Å². The maximum Gasteiger partial charge on any atom is 0.329 e. The second-order valence-electron chi connectivity index (χ2n) is 6.14. The molecule has 1 aliphatic rings. The largest absolute Gasteiger partial charge is 0.467 e. The quantitative estimate of drug-likeness (QED) is 0.564. The molecular formula is C19H18N2O6. The van der Waals surface area contributed by atoms with Crippen molar-refractivity contribution in [3.8, 4) is 0 Å². The number of nitrogens with zero attached hydrogens (tertiary/aromatic N) is 2. The Balaban J connectivity index is 1.57. The molecule has 0 aliphatic carbocycles. The highest BCUT2D eigenvalue weighted by atomic mass is 16.5. The van der Waals surface area contributed by atoms with E-state index in [9.17, 15) is 19.2 Å². The molecule has 3 amide bonds. The summed E-state index contributed by atoms with van der Waals surface area (Å²) in [6.07, 6.45) is 1.50. The van der Waals surface area contributed by atoms with E-state index in [0.717, 1.165) is 4.90 Å². The predicted octanol–water partition coefficient (Wildman–Crippen LogP) is 1.47. The van der Waals surface area contributed by atoms with E-state index >= 15 is 0 Å². The zero-order valence-corrected chi connectivity index (χ0v) is 14.9. The number of benzene rings is 1. The highest BCUT2D eigenvalue weighted by molar-refractivity contribution is 6.22. The summed E-state index contributed by atoms with van der Waals surface area (Å²) in [7, 11) is 1.55. The second-order valence-corrected chi connectivity index (χ2v) is 6.14. The molecule has 0 bridgehead atoms. The highest BCUT2D eigenvalue weighted by Gasteiger charge is 2.41. The van der Waals surface area contributed by atoms with Gasteiger partial charge in [0, 0.05) is 7.05 Å². The number of rotatable bonds is 6. The van der Waals surface area contributed by atoms with Gasteiger partial charge in [-0.05, 0) is 31.2 Å². The minimum Gasteiger partial charge on any atom is -0.467 e. The SMILES string of the molecule is C[C@@H](C(=O)OCC(=O)N(C)Cc1ccco1)N1C(=O)c2ccccc2C1=O. The first kappa shape index (κ1) is 18.4. The van der Waals surface area contributed by atoms with Crippen LogP contribution in [0.3, 0.4) is 0 Å². The van der Waals surface area contributed by atoms with Gasteiger partial charge in [0.15, 0.2) is 6.61 Å². The molecule has 1 aromatic carbocycles. The lowest BCUT2D eigenvalue weighted by molar-refractivity contribution is -0.154. The van der Waals surface area contributed by atoms with Gasteiger partial charge in [0.1, 0.15) is 11.8 Å². The molecule has 8 nitrogen and oxygen atoms in total. The van der Waals surface area contributed by atoms with Crippen LogP contribution >= 0.6 is 0 Å². The summed E-state index contributed by atoms with van der Waals surface area (Å²) >= 11 is 0. The topological polar surface area (TPSA) is 97.1 Å². The number of ether oxygens (including phenoxy) is 1. The summed E-state index contributed by atoms with van der Waals surface area (Å²) in [5.41, 5.74) is 0.493. The lowest BCUT2D eigenvalue weighted by Gasteiger charge is -2.21. The molecule has 27 heavy (non-hydrogen) atoms. The zero-order chi connectivity index (χ0) is 19.6. The maximum atomic E-state index is 12.4. The molecule has 1 aliphatic heterocycles. The van der Waals surface area contributed by atoms with E-state index in [0.29, 0.717) is 5.76 Å². The number of likely N-dealkylation sites (N-methyl/N-ethyl adjacent to an activating group) is 1. The summed E-state index contributed by atoms with van der Waals surface area (Å²) < 4.78 is 10.2. The van der Waals surface area contributed by atoms with Crippen molar-refractivity contribution < 1.29 is 28.3 Å². The minimum atomic E-state index is -1.14. The van der Waals surface area contributed by atoms with Crippen LogP contribution in [-0.2, 0) is 20.9 Å². The van der Waals surface area contributed by atoms with Crippen molar-refractivity contribution in [1.29, 1.82) is 0 Å². The van der Waals surface area contributed by atoms with E-state index in [1.165, 1.54) is 30.2 Å². The number of hydrogen-bond donors (Lipinski definition) is 0. The Hall–Kier alpha value is -3.42. The van der Waals surface area contributed by atoms with E-state index < -0.39 is 36.3 Å². The summed E-state index contributed by atoms with van der Waals surface area (Å²) in [5, 5.41) is 0. The molecule has 140 valence electrons. The number of carbonyl (C=O) groups excluding carboxylic acids is 4. The first-order valence-corrected chi connectivity index (χ1v) is 8.30. The Morgan fingerprint density at radius 3 is 2.30 bits per heavy atom. The van der Waals surface area contributed by atoms with E-state index in [1.807, 2.05) is 0 Å². The molecule has 0 saturated heterocycles. The predicted molar refractivity (Wildman–Crippen MR) is 92.5 cm³/mol. The Labute approximate surface area is 155 Å². The molecule has 0 radical (unpaired) electrons. The molecule has 1 aromatic heterocycles. The van der Waals surface area contributed by atoms with Gasteiger partial charge in [-0.3, -0.25) is 19.3 Å². The van der Waals surface area contributed by atoms with Crippen LogP contribution in [0.5, 0.6) is 0 Å². The molecule has 0 unspecified atom stereocenters. The summed E-state index contributed by atoms with van der Waals surface area (Å²) in [5.74, 6) is -1.78. The van der Waals surface area contributed by atoms with Crippen molar-refractivity contribution in [2.24, 2.45) is 0 Å². The normalized spacial score (nSPS) is 14.1. The molecule has 8 heteroatoms. The van der Waals surface area contributed by atoms with Gasteiger partial charge in [-0.25, -0.2) is 4.79 Å². The van der Waals surface area contributed by atoms with E-state index in [1.54, 1.807) is 31.3 Å². The lowest BCUT2D eigenvalue weighted by Crippen LogP contribution is -2.44. The van der Waals surface area contributed by atoms with Gasteiger partial charge in [-0.15, -0.1) is 0 Å².